The molecule has 6 atom stereocenters. The Bertz CT molecular complexity index is 1760. The van der Waals surface area contributed by atoms with Crippen molar-refractivity contribution in [2.45, 2.75) is 62.1 Å². The molecule has 3 aromatic carbocycles. The smallest absolute Gasteiger partial charge is 0.251 e. The second-order valence-corrected chi connectivity index (χ2v) is 15.6. The lowest BCUT2D eigenvalue weighted by atomic mass is 9.66. The van der Waals surface area contributed by atoms with E-state index in [-0.39, 0.29) is 37.4 Å². The number of carbonyl (C=O) groups excluding carboxylic acids is 3. The molecule has 1 spiro atoms. The van der Waals surface area contributed by atoms with E-state index in [9.17, 15) is 9.90 Å². The molecule has 3 aromatic rings. The molecule has 3 heterocycles. The number of nitrogens with zero attached hydrogens (tertiary/aromatic N) is 3. The number of aliphatic hydroxyl groups excluding tert-OH is 1. The van der Waals surface area contributed by atoms with Crippen molar-refractivity contribution in [1.82, 2.24) is 4.90 Å². The SMILES string of the molecule is C=CCN(C(=O)[C@@H]1[C@H]2C(=O)N([C@H](CO)c3ccccc3)C(C(=O)N(CC=C)c3c(C)cccc3C)C23CC[C@@]1(C)S3)c1ccc(OCC)cc1. The summed E-state index contributed by atoms with van der Waals surface area (Å²) in [5.74, 6) is -1.45. The molecule has 3 amide bonds. The van der Waals surface area contributed by atoms with Gasteiger partial charge in [-0.25, -0.2) is 0 Å². The van der Waals surface area contributed by atoms with Crippen molar-refractivity contribution in [3.05, 3.63) is 115 Å². The lowest BCUT2D eigenvalue weighted by Gasteiger charge is -2.40. The van der Waals surface area contributed by atoms with Crippen LogP contribution in [0.5, 0.6) is 5.75 Å². The first-order valence-corrected chi connectivity index (χ1v) is 18.2. The van der Waals surface area contributed by atoms with Gasteiger partial charge in [0.1, 0.15) is 11.8 Å². The van der Waals surface area contributed by atoms with Gasteiger partial charge in [-0.3, -0.25) is 14.4 Å². The fraction of sp³-hybridized carbons (Fsp3) is 0.390. The van der Waals surface area contributed by atoms with E-state index in [0.29, 0.717) is 30.9 Å². The summed E-state index contributed by atoms with van der Waals surface area (Å²) in [7, 11) is 0. The quantitative estimate of drug-likeness (QED) is 0.202. The predicted octanol–water partition coefficient (Wildman–Crippen LogP) is 6.66. The maximum atomic E-state index is 15.4. The highest BCUT2D eigenvalue weighted by Gasteiger charge is 2.78. The molecular formula is C41H47N3O5S. The van der Waals surface area contributed by atoms with Crippen molar-refractivity contribution in [3.63, 3.8) is 0 Å². The Hall–Kier alpha value is -4.34. The molecule has 3 aliphatic rings. The molecule has 2 unspecified atom stereocenters. The minimum Gasteiger partial charge on any atom is -0.494 e. The zero-order valence-electron chi connectivity index (χ0n) is 29.4. The Morgan fingerprint density at radius 1 is 0.960 bits per heavy atom. The summed E-state index contributed by atoms with van der Waals surface area (Å²) >= 11 is 1.62. The van der Waals surface area contributed by atoms with Crippen LogP contribution in [0.4, 0.5) is 11.4 Å². The van der Waals surface area contributed by atoms with Crippen LogP contribution in [0.2, 0.25) is 0 Å². The molecule has 2 bridgehead atoms. The number of carbonyl (C=O) groups is 3. The van der Waals surface area contributed by atoms with Gasteiger partial charge in [-0.1, -0.05) is 60.7 Å². The molecule has 0 aromatic heterocycles. The maximum absolute atomic E-state index is 15.4. The van der Waals surface area contributed by atoms with Gasteiger partial charge < -0.3 is 24.5 Å². The summed E-state index contributed by atoms with van der Waals surface area (Å²) in [6, 6.07) is 21.0. The first kappa shape index (κ1) is 35.5. The largest absolute Gasteiger partial charge is 0.494 e. The average Bonchev–Trinajstić information content (AvgIpc) is 3.68. The molecule has 0 aliphatic carbocycles. The van der Waals surface area contributed by atoms with E-state index >= 15 is 9.59 Å². The molecule has 9 heteroatoms. The molecule has 1 N–H and O–H groups in total. The number of thioether (sulfide) groups is 1. The van der Waals surface area contributed by atoms with E-state index in [2.05, 4.69) is 20.1 Å². The lowest BCUT2D eigenvalue weighted by Crippen LogP contribution is -2.56. The van der Waals surface area contributed by atoms with Crippen LogP contribution in [0.1, 0.15) is 49.4 Å². The Labute approximate surface area is 299 Å². The Morgan fingerprint density at radius 3 is 2.20 bits per heavy atom. The standard InChI is InChI=1S/C41H47N3O5S/c1-7-24-42(30-18-20-31(21-19-30)49-9-3)37(46)33-34-38(47)44(32(26-45)29-16-11-10-12-17-29)36(41(34)23-22-40(33,6)50-41)39(48)43(25-8-2)35-27(4)14-13-15-28(35)5/h7-8,10-21,32-34,36,45H,1-2,9,22-26H2,3-6H3/t32-,33+,34+,36?,40-,41?/m1/s1. The maximum Gasteiger partial charge on any atom is 0.251 e. The summed E-state index contributed by atoms with van der Waals surface area (Å²) < 4.78 is 4.17. The molecule has 8 nitrogen and oxygen atoms in total. The van der Waals surface area contributed by atoms with Crippen LogP contribution in [0, 0.1) is 25.7 Å². The fourth-order valence-corrected chi connectivity index (χ4v) is 11.0. The number of fused-ring (bicyclic) bond motifs is 1. The highest BCUT2D eigenvalue weighted by atomic mass is 32.2. The molecule has 0 radical (unpaired) electrons. The summed E-state index contributed by atoms with van der Waals surface area (Å²) in [5, 5.41) is 11.0. The number of benzene rings is 3. The van der Waals surface area contributed by atoms with Gasteiger partial charge in [0.15, 0.2) is 0 Å². The number of amides is 3. The van der Waals surface area contributed by atoms with Crippen LogP contribution in [0.3, 0.4) is 0 Å². The zero-order valence-corrected chi connectivity index (χ0v) is 30.2. The average molecular weight is 694 g/mol. The summed E-state index contributed by atoms with van der Waals surface area (Å²) in [6.07, 6.45) is 4.66. The molecule has 3 aliphatic heterocycles. The highest BCUT2D eigenvalue weighted by Crippen LogP contribution is 2.72. The number of aliphatic hydroxyl groups is 1. The number of likely N-dealkylation sites (tertiary alicyclic amines) is 1. The summed E-state index contributed by atoms with van der Waals surface area (Å²) in [6.45, 7) is 16.5. The van der Waals surface area contributed by atoms with Crippen LogP contribution < -0.4 is 14.5 Å². The van der Waals surface area contributed by atoms with Gasteiger partial charge in [-0.15, -0.1) is 24.9 Å². The number of ether oxygens (including phenoxy) is 1. The number of anilines is 2. The van der Waals surface area contributed by atoms with Gasteiger partial charge >= 0.3 is 0 Å². The molecule has 50 heavy (non-hydrogen) atoms. The molecule has 262 valence electrons. The molecule has 3 fully saturated rings. The third-order valence-electron chi connectivity index (χ3n) is 10.7. The van der Waals surface area contributed by atoms with Crippen LogP contribution >= 0.6 is 11.8 Å². The van der Waals surface area contributed by atoms with E-state index in [1.165, 1.54) is 0 Å². The first-order chi connectivity index (χ1) is 24.1. The molecular weight excluding hydrogens is 647 g/mol. The number of hydrogen-bond acceptors (Lipinski definition) is 6. The van der Waals surface area contributed by atoms with Gasteiger partial charge in [0.05, 0.1) is 35.8 Å². The topological polar surface area (TPSA) is 90.4 Å². The van der Waals surface area contributed by atoms with Crippen molar-refractivity contribution in [2.24, 2.45) is 11.8 Å². The van der Waals surface area contributed by atoms with Crippen LogP contribution in [0.15, 0.2) is 98.1 Å². The van der Waals surface area contributed by atoms with E-state index in [1.54, 1.807) is 38.6 Å². The van der Waals surface area contributed by atoms with E-state index in [4.69, 9.17) is 4.74 Å². The first-order valence-electron chi connectivity index (χ1n) is 17.4. The van der Waals surface area contributed by atoms with E-state index in [0.717, 1.165) is 22.4 Å². The van der Waals surface area contributed by atoms with E-state index in [1.807, 2.05) is 93.6 Å². The third-order valence-corrected chi connectivity index (χ3v) is 12.7. The number of hydrogen-bond donors (Lipinski definition) is 1. The van der Waals surface area contributed by atoms with Crippen molar-refractivity contribution in [3.8, 4) is 5.75 Å². The van der Waals surface area contributed by atoms with Crippen LogP contribution in [-0.4, -0.2) is 69.6 Å². The third kappa shape index (κ3) is 5.74. The summed E-state index contributed by atoms with van der Waals surface area (Å²) in [5.41, 5.74) is 4.07. The minimum absolute atomic E-state index is 0.171. The molecule has 0 saturated carbocycles. The predicted molar refractivity (Wildman–Crippen MR) is 200 cm³/mol. The van der Waals surface area contributed by atoms with Crippen LogP contribution in [-0.2, 0) is 14.4 Å². The molecule has 6 rings (SSSR count). The normalized spacial score (nSPS) is 25.6. The monoisotopic (exact) mass is 693 g/mol. The van der Waals surface area contributed by atoms with Gasteiger partial charge in [0, 0.05) is 29.2 Å². The van der Waals surface area contributed by atoms with Gasteiger partial charge in [0.25, 0.3) is 5.91 Å². The van der Waals surface area contributed by atoms with Gasteiger partial charge in [-0.05, 0) is 81.5 Å². The van der Waals surface area contributed by atoms with Crippen molar-refractivity contribution in [1.29, 1.82) is 0 Å². The van der Waals surface area contributed by atoms with Gasteiger partial charge in [-0.2, -0.15) is 0 Å². The zero-order chi connectivity index (χ0) is 35.8. The fourth-order valence-electron chi connectivity index (χ4n) is 8.69. The number of rotatable bonds is 13. The number of aryl methyl sites for hydroxylation is 2. The summed E-state index contributed by atoms with van der Waals surface area (Å²) in [4.78, 5) is 50.6. The number of para-hydroxylation sites is 1. The Kier molecular flexibility index (Phi) is 10.0. The van der Waals surface area contributed by atoms with Crippen LogP contribution in [0.25, 0.3) is 0 Å². The Balaban J connectivity index is 1.49. The minimum atomic E-state index is -0.931. The van der Waals surface area contributed by atoms with E-state index < -0.39 is 33.4 Å². The second kappa shape index (κ2) is 14.1. The van der Waals surface area contributed by atoms with Crippen molar-refractivity contribution in [2.75, 3.05) is 36.1 Å². The lowest BCUT2D eigenvalue weighted by molar-refractivity contribution is -0.142. The van der Waals surface area contributed by atoms with Crippen molar-refractivity contribution >= 4 is 40.9 Å². The van der Waals surface area contributed by atoms with Crippen molar-refractivity contribution < 1.29 is 24.2 Å². The second-order valence-electron chi connectivity index (χ2n) is 13.7. The van der Waals surface area contributed by atoms with Gasteiger partial charge in [0.2, 0.25) is 11.8 Å². The molecule has 3 saturated heterocycles. The highest BCUT2D eigenvalue weighted by molar-refractivity contribution is 8.02. The Morgan fingerprint density at radius 2 is 1.60 bits per heavy atom.